The van der Waals surface area contributed by atoms with Crippen LogP contribution in [-0.2, 0) is 4.79 Å². The molecule has 2 fully saturated rings. The van der Waals surface area contributed by atoms with E-state index in [1.54, 1.807) is 0 Å². The first-order chi connectivity index (χ1) is 19.5. The molecule has 40 heavy (non-hydrogen) atoms. The molecule has 0 atom stereocenters. The van der Waals surface area contributed by atoms with E-state index in [4.69, 9.17) is 21.6 Å². The number of hydrogen-bond donors (Lipinski definition) is 2. The van der Waals surface area contributed by atoms with Crippen molar-refractivity contribution in [1.82, 2.24) is 20.2 Å². The van der Waals surface area contributed by atoms with Gasteiger partial charge in [-0.3, -0.25) is 9.59 Å². The van der Waals surface area contributed by atoms with E-state index in [0.717, 1.165) is 16.9 Å². The number of nitrogens with zero attached hydrogens (tertiary/aromatic N) is 4. The quantitative estimate of drug-likeness (QED) is 0.361. The number of benzene rings is 2. The van der Waals surface area contributed by atoms with Crippen molar-refractivity contribution in [2.24, 2.45) is 0 Å². The van der Waals surface area contributed by atoms with Gasteiger partial charge in [-0.25, -0.2) is 9.97 Å². The van der Waals surface area contributed by atoms with Crippen LogP contribution in [-0.4, -0.2) is 66.0 Å². The SMILES string of the molecule is CC(=O)NCCNc1cc(N2CCN(C(=O)c3ccc(C4CCCCC4)cc3)CC2)nc(-c2ccc(Cl)cc2)n1. The number of aromatic nitrogens is 2. The maximum atomic E-state index is 13.3. The predicted octanol–water partition coefficient (Wildman–Crippen LogP) is 5.36. The van der Waals surface area contributed by atoms with Gasteiger partial charge in [0, 0.05) is 68.4 Å². The van der Waals surface area contributed by atoms with Gasteiger partial charge in [0.1, 0.15) is 11.6 Å². The fourth-order valence-corrected chi connectivity index (χ4v) is 5.63. The molecule has 210 valence electrons. The summed E-state index contributed by atoms with van der Waals surface area (Å²) in [6.07, 6.45) is 6.46. The van der Waals surface area contributed by atoms with E-state index in [1.807, 2.05) is 47.4 Å². The molecule has 0 bridgehead atoms. The summed E-state index contributed by atoms with van der Waals surface area (Å²) in [6, 6.07) is 17.7. The largest absolute Gasteiger partial charge is 0.368 e. The molecule has 1 saturated heterocycles. The zero-order chi connectivity index (χ0) is 27.9. The molecule has 2 aliphatic rings. The van der Waals surface area contributed by atoms with Crippen LogP contribution in [0, 0.1) is 0 Å². The van der Waals surface area contributed by atoms with Gasteiger partial charge in [-0.15, -0.1) is 0 Å². The lowest BCUT2D eigenvalue weighted by molar-refractivity contribution is -0.118. The third-order valence-corrected chi connectivity index (χ3v) is 8.00. The van der Waals surface area contributed by atoms with Crippen LogP contribution < -0.4 is 15.5 Å². The Bertz CT molecular complexity index is 1300. The molecule has 1 aliphatic carbocycles. The van der Waals surface area contributed by atoms with Gasteiger partial charge in [-0.1, -0.05) is 43.0 Å². The highest BCUT2D eigenvalue weighted by molar-refractivity contribution is 6.30. The van der Waals surface area contributed by atoms with Crippen LogP contribution in [0.5, 0.6) is 0 Å². The lowest BCUT2D eigenvalue weighted by atomic mass is 9.84. The number of nitrogens with one attached hydrogen (secondary N) is 2. The molecule has 0 radical (unpaired) electrons. The van der Waals surface area contributed by atoms with Crippen LogP contribution in [0.25, 0.3) is 11.4 Å². The van der Waals surface area contributed by atoms with E-state index < -0.39 is 0 Å². The van der Waals surface area contributed by atoms with E-state index in [-0.39, 0.29) is 11.8 Å². The minimum absolute atomic E-state index is 0.0698. The van der Waals surface area contributed by atoms with Gasteiger partial charge < -0.3 is 20.4 Å². The Morgan fingerprint density at radius 3 is 2.27 bits per heavy atom. The topological polar surface area (TPSA) is 90.5 Å². The Morgan fingerprint density at radius 1 is 0.900 bits per heavy atom. The average Bonchev–Trinajstić information content (AvgIpc) is 3.00. The second-order valence-electron chi connectivity index (χ2n) is 10.6. The highest BCUT2D eigenvalue weighted by atomic mass is 35.5. The molecule has 9 heteroatoms. The minimum atomic E-state index is -0.0698. The van der Waals surface area contributed by atoms with Gasteiger partial charge in [-0.05, 0) is 60.7 Å². The number of rotatable bonds is 8. The van der Waals surface area contributed by atoms with Crippen LogP contribution in [0.3, 0.4) is 0 Å². The third kappa shape index (κ3) is 7.10. The minimum Gasteiger partial charge on any atom is -0.368 e. The zero-order valence-electron chi connectivity index (χ0n) is 23.0. The first-order valence-electron chi connectivity index (χ1n) is 14.2. The molecule has 1 saturated carbocycles. The molecular formula is C31H37ClN6O2. The maximum absolute atomic E-state index is 13.3. The summed E-state index contributed by atoms with van der Waals surface area (Å²) in [5.74, 6) is 2.71. The Kier molecular flexibility index (Phi) is 9.16. The van der Waals surface area contributed by atoms with E-state index in [1.165, 1.54) is 44.6 Å². The molecule has 8 nitrogen and oxygen atoms in total. The second-order valence-corrected chi connectivity index (χ2v) is 11.0. The molecule has 3 aromatic rings. The first kappa shape index (κ1) is 27.9. The van der Waals surface area contributed by atoms with Crippen molar-refractivity contribution in [1.29, 1.82) is 0 Å². The number of hydrogen-bond acceptors (Lipinski definition) is 6. The van der Waals surface area contributed by atoms with E-state index in [2.05, 4.69) is 27.7 Å². The number of anilines is 2. The highest BCUT2D eigenvalue weighted by Crippen LogP contribution is 2.32. The van der Waals surface area contributed by atoms with Crippen molar-refractivity contribution < 1.29 is 9.59 Å². The van der Waals surface area contributed by atoms with Crippen molar-refractivity contribution >= 4 is 35.1 Å². The van der Waals surface area contributed by atoms with Crippen molar-refractivity contribution in [3.8, 4) is 11.4 Å². The highest BCUT2D eigenvalue weighted by Gasteiger charge is 2.24. The van der Waals surface area contributed by atoms with Crippen molar-refractivity contribution in [2.75, 3.05) is 49.5 Å². The Hall–Kier alpha value is -3.65. The number of carbonyl (C=O) groups excluding carboxylic acids is 2. The summed E-state index contributed by atoms with van der Waals surface area (Å²) < 4.78 is 0. The normalized spacial score (nSPS) is 16.1. The summed E-state index contributed by atoms with van der Waals surface area (Å²) >= 11 is 6.09. The second kappa shape index (κ2) is 13.1. The monoisotopic (exact) mass is 560 g/mol. The third-order valence-electron chi connectivity index (χ3n) is 7.75. The molecule has 2 aromatic carbocycles. The van der Waals surface area contributed by atoms with E-state index in [9.17, 15) is 9.59 Å². The van der Waals surface area contributed by atoms with Gasteiger partial charge in [0.05, 0.1) is 0 Å². The Morgan fingerprint density at radius 2 is 1.60 bits per heavy atom. The predicted molar refractivity (Wildman–Crippen MR) is 160 cm³/mol. The summed E-state index contributed by atoms with van der Waals surface area (Å²) in [6.45, 7) is 5.12. The van der Waals surface area contributed by atoms with Crippen LogP contribution in [0.2, 0.25) is 5.02 Å². The van der Waals surface area contributed by atoms with Gasteiger partial charge in [0.15, 0.2) is 5.82 Å². The Labute approximate surface area is 241 Å². The van der Waals surface area contributed by atoms with Crippen LogP contribution in [0.4, 0.5) is 11.6 Å². The fraction of sp³-hybridized carbons (Fsp3) is 0.419. The first-order valence-corrected chi connectivity index (χ1v) is 14.6. The lowest BCUT2D eigenvalue weighted by Crippen LogP contribution is -2.49. The molecule has 5 rings (SSSR count). The van der Waals surface area contributed by atoms with Gasteiger partial charge >= 0.3 is 0 Å². The van der Waals surface area contributed by atoms with Crippen LogP contribution >= 0.6 is 11.6 Å². The van der Waals surface area contributed by atoms with Crippen molar-refractivity contribution in [3.63, 3.8) is 0 Å². The molecule has 2 N–H and O–H groups in total. The molecule has 1 aromatic heterocycles. The maximum Gasteiger partial charge on any atom is 0.253 e. The van der Waals surface area contributed by atoms with Crippen LogP contribution in [0.1, 0.15) is 60.9 Å². The molecule has 2 heterocycles. The van der Waals surface area contributed by atoms with Gasteiger partial charge in [-0.2, -0.15) is 0 Å². The summed E-state index contributed by atoms with van der Waals surface area (Å²) in [7, 11) is 0. The molecule has 0 spiro atoms. The molecule has 2 amide bonds. The van der Waals surface area contributed by atoms with Crippen LogP contribution in [0.15, 0.2) is 54.6 Å². The fourth-order valence-electron chi connectivity index (χ4n) is 5.50. The summed E-state index contributed by atoms with van der Waals surface area (Å²) in [5, 5.41) is 6.73. The van der Waals surface area contributed by atoms with E-state index in [0.29, 0.717) is 61.9 Å². The summed E-state index contributed by atoms with van der Waals surface area (Å²) in [4.78, 5) is 38.2. The lowest BCUT2D eigenvalue weighted by Gasteiger charge is -2.35. The molecule has 0 unspecified atom stereocenters. The van der Waals surface area contributed by atoms with E-state index >= 15 is 0 Å². The van der Waals surface area contributed by atoms with Gasteiger partial charge in [0.25, 0.3) is 5.91 Å². The Balaban J connectivity index is 1.25. The zero-order valence-corrected chi connectivity index (χ0v) is 23.8. The number of amides is 2. The molecule has 1 aliphatic heterocycles. The number of carbonyl (C=O) groups is 2. The van der Waals surface area contributed by atoms with Crippen molar-refractivity contribution in [2.45, 2.75) is 44.9 Å². The smallest absolute Gasteiger partial charge is 0.253 e. The summed E-state index contributed by atoms with van der Waals surface area (Å²) in [5.41, 5.74) is 2.98. The average molecular weight is 561 g/mol. The standard InChI is InChI=1S/C31H37ClN6O2/c1-22(39)33-15-16-34-28-21-29(36-30(35-28)25-11-13-27(32)14-12-25)37-17-19-38(20-18-37)31(40)26-9-7-24(8-10-26)23-5-3-2-4-6-23/h7-14,21,23H,2-6,15-20H2,1H3,(H,33,39)(H,34,35,36). The number of halogens is 1. The number of piperazine rings is 1. The van der Waals surface area contributed by atoms with Crippen molar-refractivity contribution in [3.05, 3.63) is 70.7 Å². The van der Waals surface area contributed by atoms with Gasteiger partial charge in [0.2, 0.25) is 5.91 Å². The molecular weight excluding hydrogens is 524 g/mol.